The Morgan fingerprint density at radius 2 is 2.00 bits per heavy atom. The van der Waals surface area contributed by atoms with E-state index in [0.717, 1.165) is 5.69 Å². The molecule has 0 amide bonds. The zero-order valence-corrected chi connectivity index (χ0v) is 7.51. The summed E-state index contributed by atoms with van der Waals surface area (Å²) in [4.78, 5) is 0. The highest BCUT2D eigenvalue weighted by atomic mass is 32.2. The summed E-state index contributed by atoms with van der Waals surface area (Å²) in [5.74, 6) is 0. The molecule has 0 aliphatic carbocycles. The van der Waals surface area contributed by atoms with Crippen LogP contribution in [-0.2, 0) is 11.1 Å². The lowest BCUT2D eigenvalue weighted by Gasteiger charge is -2.17. The van der Waals surface area contributed by atoms with Crippen molar-refractivity contribution in [3.05, 3.63) is 30.3 Å². The molecule has 1 N–H and O–H groups in total. The van der Waals surface area contributed by atoms with Crippen molar-refractivity contribution < 1.29 is 8.76 Å². The minimum absolute atomic E-state index is 0.549. The molecule has 0 heterocycles. The summed E-state index contributed by atoms with van der Waals surface area (Å²) in [6, 6.07) is 9.22. The molecule has 2 unspecified atom stereocenters. The smallest absolute Gasteiger partial charge is 0.0860 e. The van der Waals surface area contributed by atoms with E-state index in [2.05, 4.69) is 5.32 Å². The molecule has 0 saturated carbocycles. The van der Waals surface area contributed by atoms with E-state index in [1.807, 2.05) is 30.3 Å². The largest absolute Gasteiger partial charge is 0.771 e. The van der Waals surface area contributed by atoms with Gasteiger partial charge in [0, 0.05) is 5.69 Å². The van der Waals surface area contributed by atoms with Crippen LogP contribution in [0.2, 0.25) is 0 Å². The number of para-hydroxylation sites is 1. The number of rotatable bonds is 3. The number of hydrogen-bond acceptors (Lipinski definition) is 3. The van der Waals surface area contributed by atoms with Gasteiger partial charge in [0.05, 0.1) is 5.37 Å². The maximum atomic E-state index is 10.4. The quantitative estimate of drug-likeness (QED) is 0.721. The second-order valence-electron chi connectivity index (χ2n) is 2.41. The van der Waals surface area contributed by atoms with Crippen molar-refractivity contribution in [1.82, 2.24) is 0 Å². The molecule has 0 spiro atoms. The number of benzene rings is 1. The number of hydrogen-bond donors (Lipinski definition) is 1. The standard InChI is InChI=1S/C8H11NO2S/c1-7(12(10)11)9-8-5-3-2-4-6-8/h2-7,9H,1H3,(H,10,11)/p-1. The van der Waals surface area contributed by atoms with Crippen molar-refractivity contribution in [2.24, 2.45) is 0 Å². The van der Waals surface area contributed by atoms with E-state index < -0.39 is 16.5 Å². The summed E-state index contributed by atoms with van der Waals surface area (Å²) in [6.07, 6.45) is 0. The number of nitrogens with one attached hydrogen (secondary N) is 1. The van der Waals surface area contributed by atoms with Crippen LogP contribution in [0.25, 0.3) is 0 Å². The molecule has 66 valence electrons. The second kappa shape index (κ2) is 4.23. The van der Waals surface area contributed by atoms with E-state index in [1.54, 1.807) is 6.92 Å². The molecule has 0 saturated heterocycles. The summed E-state index contributed by atoms with van der Waals surface area (Å²) in [6.45, 7) is 1.59. The van der Waals surface area contributed by atoms with Crippen LogP contribution < -0.4 is 5.32 Å². The first-order valence-electron chi connectivity index (χ1n) is 3.60. The minimum Gasteiger partial charge on any atom is -0.771 e. The summed E-state index contributed by atoms with van der Waals surface area (Å²) in [7, 11) is 0. The van der Waals surface area contributed by atoms with Crippen LogP contribution in [0.4, 0.5) is 5.69 Å². The lowest BCUT2D eigenvalue weighted by atomic mass is 10.3. The average Bonchev–Trinajstić information content (AvgIpc) is 2.06. The van der Waals surface area contributed by atoms with Gasteiger partial charge >= 0.3 is 0 Å². The first-order valence-corrected chi connectivity index (χ1v) is 4.73. The highest BCUT2D eigenvalue weighted by Gasteiger charge is 1.99. The third-order valence-corrected chi connectivity index (χ3v) is 2.13. The molecular formula is C8H10NO2S-. The summed E-state index contributed by atoms with van der Waals surface area (Å²) in [5.41, 5.74) is 0.814. The van der Waals surface area contributed by atoms with Gasteiger partial charge in [-0.05, 0) is 30.1 Å². The van der Waals surface area contributed by atoms with Crippen molar-refractivity contribution >= 4 is 16.8 Å². The SMILES string of the molecule is CC(Nc1ccccc1)S(=O)[O-]. The van der Waals surface area contributed by atoms with Gasteiger partial charge < -0.3 is 9.87 Å². The maximum absolute atomic E-state index is 10.4. The van der Waals surface area contributed by atoms with Gasteiger partial charge in [0.1, 0.15) is 0 Å². The highest BCUT2D eigenvalue weighted by molar-refractivity contribution is 7.79. The van der Waals surface area contributed by atoms with Crippen molar-refractivity contribution in [3.63, 3.8) is 0 Å². The molecule has 0 radical (unpaired) electrons. The Bertz CT molecular complexity index is 263. The Morgan fingerprint density at radius 1 is 1.42 bits per heavy atom. The maximum Gasteiger partial charge on any atom is 0.0860 e. The lowest BCUT2D eigenvalue weighted by Crippen LogP contribution is -2.20. The third kappa shape index (κ3) is 2.64. The van der Waals surface area contributed by atoms with E-state index >= 15 is 0 Å². The molecule has 12 heavy (non-hydrogen) atoms. The van der Waals surface area contributed by atoms with Gasteiger partial charge in [0.15, 0.2) is 0 Å². The van der Waals surface area contributed by atoms with Crippen LogP contribution in [-0.4, -0.2) is 14.1 Å². The molecule has 1 aromatic rings. The van der Waals surface area contributed by atoms with E-state index in [1.165, 1.54) is 0 Å². The Labute approximate surface area is 74.1 Å². The van der Waals surface area contributed by atoms with Gasteiger partial charge in [-0.25, -0.2) is 0 Å². The molecule has 1 rings (SSSR count). The highest BCUT2D eigenvalue weighted by Crippen LogP contribution is 2.07. The lowest BCUT2D eigenvalue weighted by molar-refractivity contribution is 0.529. The predicted molar refractivity (Wildman–Crippen MR) is 48.4 cm³/mol. The van der Waals surface area contributed by atoms with E-state index in [0.29, 0.717) is 0 Å². The van der Waals surface area contributed by atoms with E-state index in [-0.39, 0.29) is 0 Å². The molecule has 0 bridgehead atoms. The van der Waals surface area contributed by atoms with Crippen LogP contribution in [0, 0.1) is 0 Å². The Balaban J connectivity index is 2.58. The molecule has 4 heteroatoms. The van der Waals surface area contributed by atoms with Gasteiger partial charge in [-0.15, -0.1) is 0 Å². The molecule has 0 aliphatic heterocycles. The Kier molecular flexibility index (Phi) is 3.25. The predicted octanol–water partition coefficient (Wildman–Crippen LogP) is 1.32. The topological polar surface area (TPSA) is 52.2 Å². The fourth-order valence-corrected chi connectivity index (χ4v) is 1.05. The van der Waals surface area contributed by atoms with Crippen LogP contribution in [0.3, 0.4) is 0 Å². The Hall–Kier alpha value is -0.870. The van der Waals surface area contributed by atoms with E-state index in [4.69, 9.17) is 0 Å². The van der Waals surface area contributed by atoms with Crippen molar-refractivity contribution in [2.45, 2.75) is 12.3 Å². The van der Waals surface area contributed by atoms with Gasteiger partial charge in [0.25, 0.3) is 0 Å². The fraction of sp³-hybridized carbons (Fsp3) is 0.250. The van der Waals surface area contributed by atoms with Crippen molar-refractivity contribution in [3.8, 4) is 0 Å². The number of anilines is 1. The van der Waals surface area contributed by atoms with Crippen LogP contribution in [0.5, 0.6) is 0 Å². The average molecular weight is 184 g/mol. The molecule has 0 aromatic heterocycles. The van der Waals surface area contributed by atoms with Crippen molar-refractivity contribution in [1.29, 1.82) is 0 Å². The van der Waals surface area contributed by atoms with Crippen LogP contribution in [0.15, 0.2) is 30.3 Å². The molecule has 0 aliphatic rings. The van der Waals surface area contributed by atoms with Gasteiger partial charge in [-0.2, -0.15) is 0 Å². The van der Waals surface area contributed by atoms with Crippen molar-refractivity contribution in [2.75, 3.05) is 5.32 Å². The molecule has 2 atom stereocenters. The summed E-state index contributed by atoms with van der Waals surface area (Å²) >= 11 is -2.07. The van der Waals surface area contributed by atoms with E-state index in [9.17, 15) is 8.76 Å². The zero-order chi connectivity index (χ0) is 8.97. The third-order valence-electron chi connectivity index (χ3n) is 1.43. The van der Waals surface area contributed by atoms with Gasteiger partial charge in [-0.1, -0.05) is 18.2 Å². The van der Waals surface area contributed by atoms with Gasteiger partial charge in [-0.3, -0.25) is 4.21 Å². The minimum atomic E-state index is -2.07. The summed E-state index contributed by atoms with van der Waals surface area (Å²) < 4.78 is 20.9. The van der Waals surface area contributed by atoms with Gasteiger partial charge in [0.2, 0.25) is 0 Å². The molecular weight excluding hydrogens is 174 g/mol. The van der Waals surface area contributed by atoms with Crippen LogP contribution >= 0.6 is 0 Å². The molecule has 1 aromatic carbocycles. The molecule has 3 nitrogen and oxygen atoms in total. The fourth-order valence-electron chi connectivity index (χ4n) is 0.817. The Morgan fingerprint density at radius 3 is 2.50 bits per heavy atom. The normalized spacial score (nSPS) is 15.2. The zero-order valence-electron chi connectivity index (χ0n) is 6.69. The summed E-state index contributed by atoms with van der Waals surface area (Å²) in [5, 5.41) is 2.28. The van der Waals surface area contributed by atoms with Crippen LogP contribution in [0.1, 0.15) is 6.92 Å². The first kappa shape index (κ1) is 9.22. The second-order valence-corrected chi connectivity index (χ2v) is 3.64. The first-order chi connectivity index (χ1) is 5.70. The monoisotopic (exact) mass is 184 g/mol. The molecule has 0 fully saturated rings.